The summed E-state index contributed by atoms with van der Waals surface area (Å²) >= 11 is 1.63. The summed E-state index contributed by atoms with van der Waals surface area (Å²) < 4.78 is 1.97. The van der Waals surface area contributed by atoms with Crippen LogP contribution in [0.1, 0.15) is 33.0 Å². The van der Waals surface area contributed by atoms with Crippen molar-refractivity contribution < 1.29 is 9.59 Å². The van der Waals surface area contributed by atoms with Gasteiger partial charge >= 0.3 is 0 Å². The molecule has 4 rings (SSSR count). The molecule has 0 aliphatic heterocycles. The van der Waals surface area contributed by atoms with Gasteiger partial charge in [0.1, 0.15) is 12.4 Å². The van der Waals surface area contributed by atoms with E-state index in [0.29, 0.717) is 25.1 Å². The Balaban J connectivity index is 1.36. The van der Waals surface area contributed by atoms with Gasteiger partial charge in [-0.15, -0.1) is 11.3 Å². The van der Waals surface area contributed by atoms with Gasteiger partial charge in [-0.25, -0.2) is 4.98 Å². The van der Waals surface area contributed by atoms with Crippen molar-refractivity contribution in [3.8, 4) is 0 Å². The quantitative estimate of drug-likeness (QED) is 0.380. The van der Waals surface area contributed by atoms with Crippen molar-refractivity contribution in [3.63, 3.8) is 0 Å². The average Bonchev–Trinajstić information content (AvgIpc) is 3.44. The Labute approximate surface area is 191 Å². The van der Waals surface area contributed by atoms with Crippen molar-refractivity contribution >= 4 is 34.2 Å². The van der Waals surface area contributed by atoms with E-state index in [0.717, 1.165) is 33.7 Å². The normalized spacial score (nSPS) is 10.9. The van der Waals surface area contributed by atoms with Crippen LogP contribution < -0.4 is 10.6 Å². The fraction of sp³-hybridized carbons (Fsp3) is 0.240. The Morgan fingerprint density at radius 2 is 1.81 bits per heavy atom. The van der Waals surface area contributed by atoms with Crippen LogP contribution in [0.2, 0.25) is 0 Å². The standard InChI is InChI=1S/C25H26N4O2S/c1-18-10-12-19(13-11-18)25(31)26-14-4-9-23-28-21-7-2-3-8-22(21)29(23)17-24(30)27-16-20-6-5-15-32-20/h2-3,5-8,10-13,15H,4,9,14,16-17H2,1H3,(H,26,31)(H,27,30). The molecule has 0 atom stereocenters. The summed E-state index contributed by atoms with van der Waals surface area (Å²) in [6.45, 7) is 3.29. The molecule has 6 nitrogen and oxygen atoms in total. The lowest BCUT2D eigenvalue weighted by Gasteiger charge is -2.10. The van der Waals surface area contributed by atoms with Crippen LogP contribution in [0.15, 0.2) is 66.0 Å². The number of hydrogen-bond acceptors (Lipinski definition) is 4. The summed E-state index contributed by atoms with van der Waals surface area (Å²) in [5.74, 6) is 0.726. The highest BCUT2D eigenvalue weighted by molar-refractivity contribution is 7.09. The van der Waals surface area contributed by atoms with Gasteiger partial charge in [0.15, 0.2) is 0 Å². The fourth-order valence-corrected chi connectivity index (χ4v) is 4.19. The summed E-state index contributed by atoms with van der Waals surface area (Å²) in [7, 11) is 0. The zero-order valence-corrected chi connectivity index (χ0v) is 18.8. The molecule has 0 saturated carbocycles. The van der Waals surface area contributed by atoms with Crippen molar-refractivity contribution in [2.45, 2.75) is 32.9 Å². The molecule has 2 N–H and O–H groups in total. The SMILES string of the molecule is Cc1ccc(C(=O)NCCCc2nc3ccccc3n2CC(=O)NCc2cccs2)cc1. The molecule has 0 unspecified atom stereocenters. The molecule has 0 aliphatic rings. The predicted molar refractivity (Wildman–Crippen MR) is 128 cm³/mol. The number of hydrogen-bond donors (Lipinski definition) is 2. The number of carbonyl (C=O) groups is 2. The Bertz CT molecular complexity index is 1200. The molecule has 4 aromatic rings. The first-order chi connectivity index (χ1) is 15.6. The van der Waals surface area contributed by atoms with Crippen molar-refractivity contribution in [2.75, 3.05) is 6.54 Å². The monoisotopic (exact) mass is 446 g/mol. The number of nitrogens with one attached hydrogen (secondary N) is 2. The maximum atomic E-state index is 12.6. The van der Waals surface area contributed by atoms with E-state index < -0.39 is 0 Å². The Kier molecular flexibility index (Phi) is 6.97. The molecule has 2 heterocycles. The molecule has 0 saturated heterocycles. The van der Waals surface area contributed by atoms with E-state index in [2.05, 4.69) is 10.6 Å². The summed E-state index contributed by atoms with van der Waals surface area (Å²) in [6.07, 6.45) is 1.40. The molecular formula is C25H26N4O2S. The largest absolute Gasteiger partial charge is 0.352 e. The third-order valence-corrected chi connectivity index (χ3v) is 6.13. The Morgan fingerprint density at radius 3 is 2.59 bits per heavy atom. The van der Waals surface area contributed by atoms with Crippen LogP contribution in [0.25, 0.3) is 11.0 Å². The van der Waals surface area contributed by atoms with Gasteiger partial charge in [-0.3, -0.25) is 9.59 Å². The molecular weight excluding hydrogens is 420 g/mol. The predicted octanol–water partition coefficient (Wildman–Crippen LogP) is 4.09. The first-order valence-electron chi connectivity index (χ1n) is 10.7. The van der Waals surface area contributed by atoms with E-state index in [4.69, 9.17) is 4.98 Å². The minimum Gasteiger partial charge on any atom is -0.352 e. The molecule has 32 heavy (non-hydrogen) atoms. The minimum atomic E-state index is -0.0774. The first-order valence-corrected chi connectivity index (χ1v) is 11.6. The third kappa shape index (κ3) is 5.42. The number of aromatic nitrogens is 2. The van der Waals surface area contributed by atoms with Gasteiger partial charge < -0.3 is 15.2 Å². The van der Waals surface area contributed by atoms with E-state index in [1.165, 1.54) is 0 Å². The number of thiophene rings is 1. The van der Waals surface area contributed by atoms with Crippen LogP contribution in [0.4, 0.5) is 0 Å². The minimum absolute atomic E-state index is 0.0459. The van der Waals surface area contributed by atoms with Gasteiger partial charge in [-0.05, 0) is 49.1 Å². The van der Waals surface area contributed by atoms with Crippen LogP contribution in [-0.4, -0.2) is 27.9 Å². The number of carbonyl (C=O) groups excluding carboxylic acids is 2. The molecule has 2 aromatic carbocycles. The molecule has 7 heteroatoms. The van der Waals surface area contributed by atoms with Gasteiger partial charge in [-0.2, -0.15) is 0 Å². The molecule has 0 fully saturated rings. The van der Waals surface area contributed by atoms with Gasteiger partial charge in [0.05, 0.1) is 17.6 Å². The summed E-state index contributed by atoms with van der Waals surface area (Å²) in [5, 5.41) is 7.95. The molecule has 2 amide bonds. The van der Waals surface area contributed by atoms with Crippen LogP contribution in [0.5, 0.6) is 0 Å². The average molecular weight is 447 g/mol. The first kappa shape index (κ1) is 21.8. The maximum absolute atomic E-state index is 12.6. The highest BCUT2D eigenvalue weighted by Gasteiger charge is 2.14. The van der Waals surface area contributed by atoms with E-state index in [1.807, 2.05) is 77.5 Å². The van der Waals surface area contributed by atoms with E-state index in [-0.39, 0.29) is 18.4 Å². The molecule has 0 radical (unpaired) electrons. The van der Waals surface area contributed by atoms with Crippen molar-refractivity contribution in [1.29, 1.82) is 0 Å². The number of aryl methyl sites for hydroxylation is 2. The van der Waals surface area contributed by atoms with Gasteiger partial charge in [0.2, 0.25) is 5.91 Å². The maximum Gasteiger partial charge on any atom is 0.251 e. The van der Waals surface area contributed by atoms with E-state index >= 15 is 0 Å². The second-order valence-electron chi connectivity index (χ2n) is 7.68. The molecule has 0 aliphatic carbocycles. The number of nitrogens with zero attached hydrogens (tertiary/aromatic N) is 2. The van der Waals surface area contributed by atoms with Crippen LogP contribution in [0.3, 0.4) is 0 Å². The number of amides is 2. The zero-order chi connectivity index (χ0) is 22.3. The molecule has 0 spiro atoms. The third-order valence-electron chi connectivity index (χ3n) is 5.25. The van der Waals surface area contributed by atoms with Gasteiger partial charge in [0, 0.05) is 23.4 Å². The number of fused-ring (bicyclic) bond motifs is 1. The highest BCUT2D eigenvalue weighted by atomic mass is 32.1. The summed E-state index contributed by atoms with van der Waals surface area (Å²) in [5.41, 5.74) is 3.60. The van der Waals surface area contributed by atoms with Gasteiger partial charge in [0.25, 0.3) is 5.91 Å². The van der Waals surface area contributed by atoms with Crippen LogP contribution >= 0.6 is 11.3 Å². The Hall–Kier alpha value is -3.45. The van der Waals surface area contributed by atoms with Crippen molar-refractivity contribution in [1.82, 2.24) is 20.2 Å². The van der Waals surface area contributed by atoms with Crippen molar-refractivity contribution in [2.24, 2.45) is 0 Å². The highest BCUT2D eigenvalue weighted by Crippen LogP contribution is 2.17. The second kappa shape index (κ2) is 10.2. The number of imidazole rings is 1. The fourth-order valence-electron chi connectivity index (χ4n) is 3.55. The van der Waals surface area contributed by atoms with E-state index in [1.54, 1.807) is 11.3 Å². The Morgan fingerprint density at radius 1 is 1.00 bits per heavy atom. The number of para-hydroxylation sites is 2. The summed E-state index contributed by atoms with van der Waals surface area (Å²) in [6, 6.07) is 19.4. The molecule has 0 bridgehead atoms. The summed E-state index contributed by atoms with van der Waals surface area (Å²) in [4.78, 5) is 30.8. The number of rotatable bonds is 9. The van der Waals surface area contributed by atoms with Crippen molar-refractivity contribution in [3.05, 3.63) is 87.9 Å². The molecule has 164 valence electrons. The topological polar surface area (TPSA) is 76.0 Å². The van der Waals surface area contributed by atoms with Crippen LogP contribution in [-0.2, 0) is 24.3 Å². The zero-order valence-electron chi connectivity index (χ0n) is 18.0. The second-order valence-corrected chi connectivity index (χ2v) is 8.72. The van der Waals surface area contributed by atoms with Crippen LogP contribution in [0, 0.1) is 6.92 Å². The lowest BCUT2D eigenvalue weighted by molar-refractivity contribution is -0.121. The number of benzene rings is 2. The smallest absolute Gasteiger partial charge is 0.251 e. The molecule has 2 aromatic heterocycles. The lowest BCUT2D eigenvalue weighted by atomic mass is 10.1. The van der Waals surface area contributed by atoms with E-state index in [9.17, 15) is 9.59 Å². The van der Waals surface area contributed by atoms with Gasteiger partial charge in [-0.1, -0.05) is 35.9 Å². The lowest BCUT2D eigenvalue weighted by Crippen LogP contribution is -2.28.